The van der Waals surface area contributed by atoms with Crippen LogP contribution in [0.15, 0.2) is 54.7 Å². The fraction of sp³-hybridized carbons (Fsp3) is 0.125. The third kappa shape index (κ3) is 1.92. The lowest BCUT2D eigenvalue weighted by Crippen LogP contribution is -2.06. The lowest BCUT2D eigenvalue weighted by molar-refractivity contribution is 0.213. The van der Waals surface area contributed by atoms with Crippen LogP contribution in [-0.4, -0.2) is 9.67 Å². The van der Waals surface area contributed by atoms with Crippen molar-refractivity contribution in [2.45, 2.75) is 6.10 Å². The summed E-state index contributed by atoms with van der Waals surface area (Å²) >= 11 is 0. The molecule has 0 amide bonds. The molecule has 19 heavy (non-hydrogen) atoms. The summed E-state index contributed by atoms with van der Waals surface area (Å²) in [5, 5.41) is 11.8. The van der Waals surface area contributed by atoms with Crippen molar-refractivity contribution in [1.29, 1.82) is 0 Å². The molecule has 0 aliphatic carbocycles. The van der Waals surface area contributed by atoms with E-state index in [2.05, 4.69) is 0 Å². The first-order chi connectivity index (χ1) is 9.18. The van der Waals surface area contributed by atoms with Crippen molar-refractivity contribution >= 4 is 10.8 Å². The molecule has 0 bridgehead atoms. The van der Waals surface area contributed by atoms with Crippen LogP contribution >= 0.6 is 0 Å². The number of fused-ring (bicyclic) bond motifs is 1. The Morgan fingerprint density at radius 2 is 1.74 bits per heavy atom. The fourth-order valence-corrected chi connectivity index (χ4v) is 2.44. The molecule has 96 valence electrons. The molecule has 0 saturated carbocycles. The number of halogens is 1. The number of aliphatic hydroxyl groups excluding tert-OH is 1. The van der Waals surface area contributed by atoms with Crippen molar-refractivity contribution < 1.29 is 9.50 Å². The van der Waals surface area contributed by atoms with Crippen LogP contribution in [0.5, 0.6) is 0 Å². The van der Waals surface area contributed by atoms with Gasteiger partial charge in [-0.3, -0.25) is 0 Å². The van der Waals surface area contributed by atoms with E-state index in [1.54, 1.807) is 18.2 Å². The Kier molecular flexibility index (Phi) is 2.84. The Bertz CT molecular complexity index is 732. The Morgan fingerprint density at radius 3 is 2.42 bits per heavy atom. The minimum Gasteiger partial charge on any atom is -0.382 e. The second-order valence-electron chi connectivity index (χ2n) is 4.63. The number of hydrogen-bond donors (Lipinski definition) is 1. The van der Waals surface area contributed by atoms with Gasteiger partial charge in [0.05, 0.1) is 5.69 Å². The number of rotatable bonds is 2. The maximum atomic E-state index is 13.8. The van der Waals surface area contributed by atoms with Crippen LogP contribution < -0.4 is 0 Å². The summed E-state index contributed by atoms with van der Waals surface area (Å²) in [4.78, 5) is 0. The van der Waals surface area contributed by atoms with Crippen LogP contribution in [-0.2, 0) is 7.05 Å². The summed E-state index contributed by atoms with van der Waals surface area (Å²) in [5.74, 6) is -0.265. The summed E-state index contributed by atoms with van der Waals surface area (Å²) in [6.45, 7) is 0. The van der Waals surface area contributed by atoms with Crippen LogP contribution in [0.25, 0.3) is 10.8 Å². The van der Waals surface area contributed by atoms with Gasteiger partial charge in [0, 0.05) is 18.6 Å². The van der Waals surface area contributed by atoms with Crippen LogP contribution in [0, 0.1) is 5.82 Å². The zero-order chi connectivity index (χ0) is 13.4. The van der Waals surface area contributed by atoms with Crippen molar-refractivity contribution in [3.8, 4) is 0 Å². The highest BCUT2D eigenvalue weighted by Gasteiger charge is 2.16. The number of aromatic nitrogens is 1. The molecule has 0 spiro atoms. The van der Waals surface area contributed by atoms with Gasteiger partial charge in [-0.25, -0.2) is 4.39 Å². The van der Waals surface area contributed by atoms with Gasteiger partial charge in [-0.1, -0.05) is 30.3 Å². The smallest absolute Gasteiger partial charge is 0.131 e. The molecule has 0 radical (unpaired) electrons. The quantitative estimate of drug-likeness (QED) is 0.746. The Balaban J connectivity index is 2.21. The zero-order valence-corrected chi connectivity index (χ0v) is 10.5. The van der Waals surface area contributed by atoms with Gasteiger partial charge >= 0.3 is 0 Å². The number of aryl methyl sites for hydroxylation is 1. The molecule has 3 heteroatoms. The molecule has 1 heterocycles. The third-order valence-corrected chi connectivity index (χ3v) is 3.46. The summed E-state index contributed by atoms with van der Waals surface area (Å²) in [6, 6.07) is 14.0. The van der Waals surface area contributed by atoms with Crippen molar-refractivity contribution in [3.05, 3.63) is 71.8 Å². The van der Waals surface area contributed by atoms with Crippen LogP contribution in [0.4, 0.5) is 4.39 Å². The number of aliphatic hydroxyl groups is 1. The topological polar surface area (TPSA) is 25.2 Å². The molecule has 0 fully saturated rings. The Labute approximate surface area is 110 Å². The van der Waals surface area contributed by atoms with E-state index >= 15 is 0 Å². The zero-order valence-electron chi connectivity index (χ0n) is 10.5. The average molecular weight is 255 g/mol. The van der Waals surface area contributed by atoms with E-state index < -0.39 is 6.10 Å². The van der Waals surface area contributed by atoms with E-state index in [-0.39, 0.29) is 5.82 Å². The first-order valence-corrected chi connectivity index (χ1v) is 6.15. The maximum Gasteiger partial charge on any atom is 0.131 e. The molecule has 1 N–H and O–H groups in total. The number of hydrogen-bond acceptors (Lipinski definition) is 1. The molecule has 0 aliphatic rings. The fourth-order valence-electron chi connectivity index (χ4n) is 2.44. The first-order valence-electron chi connectivity index (χ1n) is 6.15. The van der Waals surface area contributed by atoms with E-state index in [0.717, 1.165) is 16.6 Å². The lowest BCUT2D eigenvalue weighted by Gasteiger charge is -2.15. The summed E-state index contributed by atoms with van der Waals surface area (Å²) in [7, 11) is 1.88. The molecule has 0 saturated heterocycles. The standard InChI is InChI=1S/C16H14FNO/c1-18-10-4-7-15(18)16(19)13-8-9-14(17)12-6-3-2-5-11(12)13/h2-10,16,19H,1H3/t16-/m0/s1. The SMILES string of the molecule is Cn1cccc1[C@@H](O)c1ccc(F)c2ccccc12. The van der Waals surface area contributed by atoms with Crippen LogP contribution in [0.2, 0.25) is 0 Å². The van der Waals surface area contributed by atoms with E-state index in [1.807, 2.05) is 42.1 Å². The minimum absolute atomic E-state index is 0.265. The van der Waals surface area contributed by atoms with Gasteiger partial charge in [0.25, 0.3) is 0 Å². The normalized spacial score (nSPS) is 12.8. The molecule has 2 aromatic carbocycles. The molecule has 3 rings (SSSR count). The lowest BCUT2D eigenvalue weighted by atomic mass is 9.98. The molecular formula is C16H14FNO. The van der Waals surface area contributed by atoms with Gasteiger partial charge in [0.2, 0.25) is 0 Å². The van der Waals surface area contributed by atoms with Crippen LogP contribution in [0.3, 0.4) is 0 Å². The van der Waals surface area contributed by atoms with Crippen molar-refractivity contribution in [2.75, 3.05) is 0 Å². The minimum atomic E-state index is -0.759. The number of benzene rings is 2. The predicted molar refractivity (Wildman–Crippen MR) is 73.4 cm³/mol. The maximum absolute atomic E-state index is 13.8. The van der Waals surface area contributed by atoms with Crippen molar-refractivity contribution in [2.24, 2.45) is 7.05 Å². The molecule has 1 aromatic heterocycles. The Hall–Kier alpha value is -2.13. The van der Waals surface area contributed by atoms with Gasteiger partial charge in [0.1, 0.15) is 11.9 Å². The van der Waals surface area contributed by atoms with Gasteiger partial charge in [-0.05, 0) is 29.1 Å². The predicted octanol–water partition coefficient (Wildman–Crippen LogP) is 3.40. The molecule has 3 aromatic rings. The second kappa shape index (κ2) is 4.52. The van der Waals surface area contributed by atoms with Crippen LogP contribution in [0.1, 0.15) is 17.4 Å². The largest absolute Gasteiger partial charge is 0.382 e. The van der Waals surface area contributed by atoms with E-state index in [4.69, 9.17) is 0 Å². The second-order valence-corrected chi connectivity index (χ2v) is 4.63. The molecule has 1 atom stereocenters. The number of nitrogens with zero attached hydrogens (tertiary/aromatic N) is 1. The molecular weight excluding hydrogens is 241 g/mol. The summed E-state index contributed by atoms with van der Waals surface area (Å²) < 4.78 is 15.6. The molecule has 0 unspecified atom stereocenters. The molecule has 2 nitrogen and oxygen atoms in total. The first kappa shape index (κ1) is 11.9. The summed E-state index contributed by atoms with van der Waals surface area (Å²) in [5.41, 5.74) is 1.51. The van der Waals surface area contributed by atoms with Crippen molar-refractivity contribution in [3.63, 3.8) is 0 Å². The molecule has 0 aliphatic heterocycles. The van der Waals surface area contributed by atoms with Crippen molar-refractivity contribution in [1.82, 2.24) is 4.57 Å². The van der Waals surface area contributed by atoms with Gasteiger partial charge in [-0.2, -0.15) is 0 Å². The summed E-state index contributed by atoms with van der Waals surface area (Å²) in [6.07, 6.45) is 1.12. The Morgan fingerprint density at radius 1 is 1.00 bits per heavy atom. The van der Waals surface area contributed by atoms with E-state index in [0.29, 0.717) is 5.39 Å². The third-order valence-electron chi connectivity index (χ3n) is 3.46. The van der Waals surface area contributed by atoms with Gasteiger partial charge in [0.15, 0.2) is 0 Å². The highest BCUT2D eigenvalue weighted by Crippen LogP contribution is 2.30. The van der Waals surface area contributed by atoms with Gasteiger partial charge < -0.3 is 9.67 Å². The highest BCUT2D eigenvalue weighted by molar-refractivity contribution is 5.86. The monoisotopic (exact) mass is 255 g/mol. The van der Waals surface area contributed by atoms with E-state index in [9.17, 15) is 9.50 Å². The van der Waals surface area contributed by atoms with Gasteiger partial charge in [-0.15, -0.1) is 0 Å². The van der Waals surface area contributed by atoms with E-state index in [1.165, 1.54) is 6.07 Å². The highest BCUT2D eigenvalue weighted by atomic mass is 19.1. The average Bonchev–Trinajstić information content (AvgIpc) is 2.85.